The van der Waals surface area contributed by atoms with Crippen LogP contribution in [-0.2, 0) is 6.54 Å². The molecule has 4 rings (SSSR count). The van der Waals surface area contributed by atoms with Crippen molar-refractivity contribution >= 4 is 23.1 Å². The first kappa shape index (κ1) is 17.7. The largest absolute Gasteiger partial charge is 0.340 e. The Hall–Kier alpha value is -1.65. The summed E-state index contributed by atoms with van der Waals surface area (Å²) in [6.07, 6.45) is 9.98. The molecule has 1 aromatic carbocycles. The molecule has 2 fully saturated rings. The molecule has 3 nitrogen and oxygen atoms in total. The Balaban J connectivity index is 1.43. The second-order valence-electron chi connectivity index (χ2n) is 7.58. The molecule has 26 heavy (non-hydrogen) atoms. The maximum absolute atomic E-state index is 13.3. The molecular weight excluding hydrogens is 349 g/mol. The summed E-state index contributed by atoms with van der Waals surface area (Å²) in [5.74, 6) is 1.87. The van der Waals surface area contributed by atoms with Crippen LogP contribution < -0.4 is 10.6 Å². The van der Waals surface area contributed by atoms with Crippen LogP contribution in [0.15, 0.2) is 30.5 Å². The van der Waals surface area contributed by atoms with Crippen LogP contribution in [0.5, 0.6) is 0 Å². The fourth-order valence-corrected chi connectivity index (χ4v) is 4.02. The second kappa shape index (κ2) is 7.93. The third-order valence-electron chi connectivity index (χ3n) is 5.45. The number of pyridine rings is 1. The standard InChI is InChI=1S/C21H25ClFN3/c22-19-9-17(7-8-20(19)23)26-21-10-18(15-5-6-15)16(13-25-21)12-24-11-14-3-1-2-4-14/h7-10,13-15,24H,1-6,11-12H2,(H,25,26). The minimum atomic E-state index is -0.410. The number of hydrogen-bond donors (Lipinski definition) is 2. The zero-order valence-corrected chi connectivity index (χ0v) is 15.7. The van der Waals surface area contributed by atoms with Crippen molar-refractivity contribution in [2.45, 2.75) is 51.0 Å². The van der Waals surface area contributed by atoms with E-state index in [9.17, 15) is 4.39 Å². The van der Waals surface area contributed by atoms with Crippen molar-refractivity contribution in [2.75, 3.05) is 11.9 Å². The van der Waals surface area contributed by atoms with Crippen LogP contribution in [0.1, 0.15) is 55.6 Å². The van der Waals surface area contributed by atoms with E-state index in [1.165, 1.54) is 55.7 Å². The number of nitrogens with zero attached hydrogens (tertiary/aromatic N) is 1. The highest BCUT2D eigenvalue weighted by Gasteiger charge is 2.26. The number of benzene rings is 1. The molecule has 2 aromatic rings. The lowest BCUT2D eigenvalue weighted by atomic mass is 10.0. The summed E-state index contributed by atoms with van der Waals surface area (Å²) < 4.78 is 13.3. The normalized spacial score (nSPS) is 17.6. The summed E-state index contributed by atoms with van der Waals surface area (Å²) in [4.78, 5) is 4.56. The summed E-state index contributed by atoms with van der Waals surface area (Å²) >= 11 is 5.86. The monoisotopic (exact) mass is 373 g/mol. The van der Waals surface area contributed by atoms with Gasteiger partial charge >= 0.3 is 0 Å². The molecule has 1 aromatic heterocycles. The molecule has 0 radical (unpaired) electrons. The number of nitrogens with one attached hydrogen (secondary N) is 2. The third kappa shape index (κ3) is 4.36. The van der Waals surface area contributed by atoms with E-state index in [2.05, 4.69) is 21.7 Å². The Labute approximate surface area is 159 Å². The first-order chi connectivity index (χ1) is 12.7. The van der Waals surface area contributed by atoms with Crippen molar-refractivity contribution in [1.82, 2.24) is 10.3 Å². The highest BCUT2D eigenvalue weighted by Crippen LogP contribution is 2.42. The number of halogens is 2. The van der Waals surface area contributed by atoms with E-state index in [1.807, 2.05) is 6.20 Å². The van der Waals surface area contributed by atoms with Crippen molar-refractivity contribution in [1.29, 1.82) is 0 Å². The Kier molecular flexibility index (Phi) is 5.41. The van der Waals surface area contributed by atoms with Crippen molar-refractivity contribution in [3.63, 3.8) is 0 Å². The molecule has 0 spiro atoms. The summed E-state index contributed by atoms with van der Waals surface area (Å²) in [6, 6.07) is 6.78. The summed E-state index contributed by atoms with van der Waals surface area (Å²) in [5.41, 5.74) is 3.43. The maximum atomic E-state index is 13.3. The van der Waals surface area contributed by atoms with Gasteiger partial charge in [0.15, 0.2) is 0 Å². The molecule has 2 N–H and O–H groups in total. The van der Waals surface area contributed by atoms with Crippen LogP contribution in [0.25, 0.3) is 0 Å². The zero-order chi connectivity index (χ0) is 17.9. The summed E-state index contributed by atoms with van der Waals surface area (Å²) in [5, 5.41) is 6.99. The van der Waals surface area contributed by atoms with E-state index < -0.39 is 5.82 Å². The van der Waals surface area contributed by atoms with Gasteiger partial charge in [-0.1, -0.05) is 24.4 Å². The number of anilines is 2. The minimum absolute atomic E-state index is 0.116. The van der Waals surface area contributed by atoms with Gasteiger partial charge in [0.05, 0.1) is 5.02 Å². The molecule has 1 heterocycles. The molecule has 2 aliphatic carbocycles. The highest BCUT2D eigenvalue weighted by atomic mass is 35.5. The number of rotatable bonds is 7. The van der Waals surface area contributed by atoms with Crippen LogP contribution in [0, 0.1) is 11.7 Å². The fraction of sp³-hybridized carbons (Fsp3) is 0.476. The van der Waals surface area contributed by atoms with Gasteiger partial charge in [-0.25, -0.2) is 9.37 Å². The van der Waals surface area contributed by atoms with Gasteiger partial charge < -0.3 is 10.6 Å². The molecule has 5 heteroatoms. The second-order valence-corrected chi connectivity index (χ2v) is 7.99. The molecule has 138 valence electrons. The first-order valence-electron chi connectivity index (χ1n) is 9.60. The topological polar surface area (TPSA) is 37.0 Å². The van der Waals surface area contributed by atoms with Gasteiger partial charge in [0.1, 0.15) is 11.6 Å². The smallest absolute Gasteiger partial charge is 0.141 e. The number of hydrogen-bond acceptors (Lipinski definition) is 3. The zero-order valence-electron chi connectivity index (χ0n) is 14.9. The van der Waals surface area contributed by atoms with E-state index in [-0.39, 0.29) is 5.02 Å². The average Bonchev–Trinajstić information content (AvgIpc) is 3.35. The fourth-order valence-electron chi connectivity index (χ4n) is 3.84. The van der Waals surface area contributed by atoms with Gasteiger partial charge in [-0.05, 0) is 79.5 Å². The van der Waals surface area contributed by atoms with Gasteiger partial charge in [-0.2, -0.15) is 0 Å². The molecule has 0 aliphatic heterocycles. The van der Waals surface area contributed by atoms with Crippen LogP contribution in [0.3, 0.4) is 0 Å². The lowest BCUT2D eigenvalue weighted by Gasteiger charge is -2.15. The van der Waals surface area contributed by atoms with Crippen LogP contribution in [0.4, 0.5) is 15.9 Å². The predicted molar refractivity (Wildman–Crippen MR) is 105 cm³/mol. The number of aromatic nitrogens is 1. The molecule has 0 saturated heterocycles. The van der Waals surface area contributed by atoms with Gasteiger partial charge in [-0.15, -0.1) is 0 Å². The summed E-state index contributed by atoms with van der Waals surface area (Å²) in [7, 11) is 0. The summed E-state index contributed by atoms with van der Waals surface area (Å²) in [6.45, 7) is 2.00. The molecule has 0 atom stereocenters. The van der Waals surface area contributed by atoms with E-state index in [0.29, 0.717) is 5.92 Å². The predicted octanol–water partition coefficient (Wildman–Crippen LogP) is 5.77. The molecule has 2 saturated carbocycles. The highest BCUT2D eigenvalue weighted by molar-refractivity contribution is 6.31. The molecular formula is C21H25ClFN3. The van der Waals surface area contributed by atoms with Crippen LogP contribution in [0.2, 0.25) is 5.02 Å². The van der Waals surface area contributed by atoms with Crippen molar-refractivity contribution < 1.29 is 4.39 Å². The van der Waals surface area contributed by atoms with Crippen molar-refractivity contribution in [3.8, 4) is 0 Å². The van der Waals surface area contributed by atoms with E-state index in [4.69, 9.17) is 11.6 Å². The van der Waals surface area contributed by atoms with Crippen LogP contribution in [-0.4, -0.2) is 11.5 Å². The molecule has 0 bridgehead atoms. The minimum Gasteiger partial charge on any atom is -0.340 e. The van der Waals surface area contributed by atoms with E-state index in [0.717, 1.165) is 30.5 Å². The van der Waals surface area contributed by atoms with Gasteiger partial charge in [0.2, 0.25) is 0 Å². The SMILES string of the molecule is Fc1ccc(Nc2cc(C3CC3)c(CNCC3CCCC3)cn2)cc1Cl. The molecule has 0 amide bonds. The Morgan fingerprint density at radius 3 is 2.65 bits per heavy atom. The molecule has 2 aliphatic rings. The van der Waals surface area contributed by atoms with E-state index >= 15 is 0 Å². The van der Waals surface area contributed by atoms with Gasteiger partial charge in [-0.3, -0.25) is 0 Å². The lowest BCUT2D eigenvalue weighted by Crippen LogP contribution is -2.21. The first-order valence-corrected chi connectivity index (χ1v) is 9.98. The molecule has 0 unspecified atom stereocenters. The van der Waals surface area contributed by atoms with Crippen molar-refractivity contribution in [3.05, 3.63) is 52.4 Å². The van der Waals surface area contributed by atoms with Crippen molar-refractivity contribution in [2.24, 2.45) is 5.92 Å². The Morgan fingerprint density at radius 1 is 1.12 bits per heavy atom. The van der Waals surface area contributed by atoms with Crippen LogP contribution >= 0.6 is 11.6 Å². The quantitative estimate of drug-likeness (QED) is 0.646. The maximum Gasteiger partial charge on any atom is 0.141 e. The lowest BCUT2D eigenvalue weighted by molar-refractivity contribution is 0.488. The average molecular weight is 374 g/mol. The third-order valence-corrected chi connectivity index (χ3v) is 5.74. The van der Waals surface area contributed by atoms with E-state index in [1.54, 1.807) is 12.1 Å². The van der Waals surface area contributed by atoms with Gasteiger partial charge in [0, 0.05) is 18.4 Å². The Morgan fingerprint density at radius 2 is 1.92 bits per heavy atom. The van der Waals surface area contributed by atoms with Gasteiger partial charge in [0.25, 0.3) is 0 Å². The Bertz CT molecular complexity index is 770.